The summed E-state index contributed by atoms with van der Waals surface area (Å²) in [5.74, 6) is 6.24. The first-order chi connectivity index (χ1) is 9.83. The van der Waals surface area contributed by atoms with Gasteiger partial charge >= 0.3 is 0 Å². The minimum atomic E-state index is 0.119. The lowest BCUT2D eigenvalue weighted by Gasteiger charge is -2.27. The molecule has 3 unspecified atom stereocenters. The van der Waals surface area contributed by atoms with Gasteiger partial charge in [0.15, 0.2) is 0 Å². The first-order valence-corrected chi connectivity index (χ1v) is 7.26. The summed E-state index contributed by atoms with van der Waals surface area (Å²) in [7, 11) is 0. The van der Waals surface area contributed by atoms with E-state index in [9.17, 15) is 0 Å². The number of hydrogen-bond donors (Lipinski definition) is 2. The van der Waals surface area contributed by atoms with Gasteiger partial charge in [-0.1, -0.05) is 25.1 Å². The zero-order valence-corrected chi connectivity index (χ0v) is 11.8. The van der Waals surface area contributed by atoms with Crippen LogP contribution in [0.15, 0.2) is 36.5 Å². The molecule has 1 fully saturated rings. The van der Waals surface area contributed by atoms with Crippen molar-refractivity contribution < 1.29 is 4.74 Å². The van der Waals surface area contributed by atoms with Crippen LogP contribution in [0, 0.1) is 5.92 Å². The molecule has 0 radical (unpaired) electrons. The van der Waals surface area contributed by atoms with Gasteiger partial charge in [0, 0.05) is 24.1 Å². The van der Waals surface area contributed by atoms with Crippen LogP contribution in [0.4, 0.5) is 0 Å². The Bertz CT molecular complexity index is 587. The van der Waals surface area contributed by atoms with E-state index in [-0.39, 0.29) is 12.1 Å². The van der Waals surface area contributed by atoms with E-state index in [2.05, 4.69) is 41.6 Å². The van der Waals surface area contributed by atoms with Crippen molar-refractivity contribution >= 4 is 10.9 Å². The average Bonchev–Trinajstić information content (AvgIpc) is 2.96. The quantitative estimate of drug-likeness (QED) is 0.663. The molecule has 0 spiro atoms. The molecule has 3 atom stereocenters. The van der Waals surface area contributed by atoms with E-state index in [4.69, 9.17) is 10.6 Å². The van der Waals surface area contributed by atoms with Crippen molar-refractivity contribution in [2.45, 2.75) is 31.9 Å². The molecular weight excluding hydrogens is 250 g/mol. The molecule has 1 aliphatic heterocycles. The van der Waals surface area contributed by atoms with Gasteiger partial charge in [0.05, 0.1) is 17.7 Å². The number of nitrogens with one attached hydrogen (secondary N) is 1. The highest BCUT2D eigenvalue weighted by molar-refractivity contribution is 5.79. The summed E-state index contributed by atoms with van der Waals surface area (Å²) in [6.07, 6.45) is 4.18. The first-order valence-electron chi connectivity index (χ1n) is 7.26. The minimum absolute atomic E-state index is 0.119. The fourth-order valence-electron chi connectivity index (χ4n) is 3.21. The van der Waals surface area contributed by atoms with Crippen LogP contribution in [-0.4, -0.2) is 17.7 Å². The Balaban J connectivity index is 1.94. The summed E-state index contributed by atoms with van der Waals surface area (Å²) in [6, 6.07) is 10.5. The molecule has 2 heterocycles. The maximum atomic E-state index is 5.82. The number of aromatic nitrogens is 1. The van der Waals surface area contributed by atoms with E-state index in [0.29, 0.717) is 5.92 Å². The van der Waals surface area contributed by atoms with Gasteiger partial charge in [0.25, 0.3) is 0 Å². The van der Waals surface area contributed by atoms with Crippen LogP contribution in [0.1, 0.15) is 31.4 Å². The van der Waals surface area contributed by atoms with Crippen molar-refractivity contribution in [3.8, 4) is 0 Å². The number of hydrazine groups is 1. The normalized spacial score (nSPS) is 24.1. The summed E-state index contributed by atoms with van der Waals surface area (Å²) in [5, 5.41) is 1.15. The lowest BCUT2D eigenvalue weighted by atomic mass is 9.87. The Hall–Kier alpha value is -1.49. The Morgan fingerprint density at radius 2 is 2.35 bits per heavy atom. The third-order valence-electron chi connectivity index (χ3n) is 4.26. The lowest BCUT2D eigenvalue weighted by Crippen LogP contribution is -2.36. The summed E-state index contributed by atoms with van der Waals surface area (Å²) in [4.78, 5) is 4.42. The lowest BCUT2D eigenvalue weighted by molar-refractivity contribution is 0.0774. The molecule has 1 aliphatic rings. The maximum absolute atomic E-state index is 5.82. The largest absolute Gasteiger partial charge is 0.378 e. The Morgan fingerprint density at radius 3 is 3.15 bits per heavy atom. The van der Waals surface area contributed by atoms with Gasteiger partial charge in [-0.05, 0) is 30.5 Å². The molecule has 1 aromatic heterocycles. The molecule has 20 heavy (non-hydrogen) atoms. The average molecular weight is 271 g/mol. The van der Waals surface area contributed by atoms with Crippen molar-refractivity contribution in [2.24, 2.45) is 11.8 Å². The van der Waals surface area contributed by atoms with Crippen LogP contribution < -0.4 is 11.3 Å². The first kappa shape index (κ1) is 13.5. The third kappa shape index (κ3) is 2.42. The third-order valence-corrected chi connectivity index (χ3v) is 4.26. The van der Waals surface area contributed by atoms with Crippen molar-refractivity contribution in [1.29, 1.82) is 0 Å². The van der Waals surface area contributed by atoms with Crippen LogP contribution in [0.3, 0.4) is 0 Å². The molecule has 0 bridgehead atoms. The summed E-state index contributed by atoms with van der Waals surface area (Å²) < 4.78 is 5.80. The predicted octanol–water partition coefficient (Wildman–Crippen LogP) is 2.55. The van der Waals surface area contributed by atoms with Gasteiger partial charge in [-0.15, -0.1) is 0 Å². The monoisotopic (exact) mass is 271 g/mol. The number of nitrogens with zero attached hydrogens (tertiary/aromatic N) is 1. The second-order valence-corrected chi connectivity index (χ2v) is 5.37. The van der Waals surface area contributed by atoms with E-state index >= 15 is 0 Å². The number of ether oxygens (including phenoxy) is 1. The highest BCUT2D eigenvalue weighted by Crippen LogP contribution is 2.35. The molecule has 2 aromatic rings. The molecule has 0 amide bonds. The van der Waals surface area contributed by atoms with Gasteiger partial charge in [-0.25, -0.2) is 0 Å². The number of benzene rings is 1. The van der Waals surface area contributed by atoms with E-state index in [1.54, 1.807) is 0 Å². The van der Waals surface area contributed by atoms with Crippen molar-refractivity contribution in [2.75, 3.05) is 6.61 Å². The number of hydrogen-bond acceptors (Lipinski definition) is 4. The molecule has 3 N–H and O–H groups in total. The van der Waals surface area contributed by atoms with Crippen LogP contribution in [0.25, 0.3) is 10.9 Å². The topological polar surface area (TPSA) is 60.2 Å². The molecule has 4 heteroatoms. The smallest absolute Gasteiger partial charge is 0.0705 e. The number of pyridine rings is 1. The number of rotatable bonds is 4. The molecule has 0 saturated carbocycles. The van der Waals surface area contributed by atoms with Gasteiger partial charge in [-0.3, -0.25) is 16.3 Å². The molecule has 1 saturated heterocycles. The molecule has 1 aromatic carbocycles. The highest BCUT2D eigenvalue weighted by Gasteiger charge is 2.34. The molecular formula is C16H21N3O. The second-order valence-electron chi connectivity index (χ2n) is 5.37. The molecule has 106 valence electrons. The van der Waals surface area contributed by atoms with Gasteiger partial charge in [0.1, 0.15) is 0 Å². The maximum Gasteiger partial charge on any atom is 0.0705 e. The highest BCUT2D eigenvalue weighted by atomic mass is 16.5. The van der Waals surface area contributed by atoms with Crippen molar-refractivity contribution in [3.63, 3.8) is 0 Å². The van der Waals surface area contributed by atoms with Crippen LogP contribution in [0.2, 0.25) is 0 Å². The zero-order valence-electron chi connectivity index (χ0n) is 11.8. The molecule has 3 rings (SSSR count). The van der Waals surface area contributed by atoms with Gasteiger partial charge < -0.3 is 4.74 Å². The van der Waals surface area contributed by atoms with Crippen molar-refractivity contribution in [1.82, 2.24) is 10.4 Å². The number of fused-ring (bicyclic) bond motifs is 1. The predicted molar refractivity (Wildman–Crippen MR) is 79.9 cm³/mol. The van der Waals surface area contributed by atoms with Gasteiger partial charge in [-0.2, -0.15) is 0 Å². The van der Waals surface area contributed by atoms with Gasteiger partial charge in [0.2, 0.25) is 0 Å². The number of nitrogens with two attached hydrogens (primary N) is 1. The molecule has 0 aliphatic carbocycles. The summed E-state index contributed by atoms with van der Waals surface area (Å²) >= 11 is 0. The van der Waals surface area contributed by atoms with E-state index in [1.165, 1.54) is 5.56 Å². The SMILES string of the molecule is CCC1OCCC1C(NN)c1ccc2cccnc2c1. The van der Waals surface area contributed by atoms with Crippen LogP contribution >= 0.6 is 0 Å². The Kier molecular flexibility index (Phi) is 3.96. The Labute approximate surface area is 119 Å². The fraction of sp³-hybridized carbons (Fsp3) is 0.438. The van der Waals surface area contributed by atoms with E-state index in [0.717, 1.165) is 30.4 Å². The zero-order chi connectivity index (χ0) is 13.9. The standard InChI is InChI=1S/C16H21N3O/c1-2-15-13(7-9-20-15)16(19-17)12-6-5-11-4-3-8-18-14(11)10-12/h3-6,8,10,13,15-16,19H,2,7,9,17H2,1H3. The second kappa shape index (κ2) is 5.87. The van der Waals surface area contributed by atoms with E-state index in [1.807, 2.05) is 12.3 Å². The summed E-state index contributed by atoms with van der Waals surface area (Å²) in [6.45, 7) is 2.99. The fourth-order valence-corrected chi connectivity index (χ4v) is 3.21. The minimum Gasteiger partial charge on any atom is -0.378 e. The van der Waals surface area contributed by atoms with Crippen molar-refractivity contribution in [3.05, 3.63) is 42.1 Å². The molecule has 4 nitrogen and oxygen atoms in total. The summed E-state index contributed by atoms with van der Waals surface area (Å²) in [5.41, 5.74) is 5.18. The van der Waals surface area contributed by atoms with Crippen LogP contribution in [-0.2, 0) is 4.74 Å². The Morgan fingerprint density at radius 1 is 1.45 bits per heavy atom. The van der Waals surface area contributed by atoms with E-state index < -0.39 is 0 Å². The van der Waals surface area contributed by atoms with Crippen LogP contribution in [0.5, 0.6) is 0 Å².